The summed E-state index contributed by atoms with van der Waals surface area (Å²) >= 11 is 0. The fourth-order valence-electron chi connectivity index (χ4n) is 2.61. The van der Waals surface area contributed by atoms with Crippen molar-refractivity contribution in [2.75, 3.05) is 0 Å². The molecule has 0 aliphatic carbocycles. The lowest BCUT2D eigenvalue weighted by Crippen LogP contribution is -1.88. The largest absolute Gasteiger partial charge is 0.350 e. The third kappa shape index (κ3) is 1.95. The van der Waals surface area contributed by atoms with Crippen LogP contribution < -0.4 is 0 Å². The Morgan fingerprint density at radius 2 is 1.89 bits per heavy atom. The molecule has 3 heteroatoms. The molecule has 0 aliphatic rings. The van der Waals surface area contributed by atoms with Gasteiger partial charge in [0, 0.05) is 43.0 Å². The molecule has 3 rings (SSSR count). The molecule has 1 aromatic carbocycles. The van der Waals surface area contributed by atoms with Crippen LogP contribution in [0.2, 0.25) is 0 Å². The van der Waals surface area contributed by atoms with Crippen molar-refractivity contribution in [2.45, 2.75) is 19.8 Å². The van der Waals surface area contributed by atoms with Gasteiger partial charge in [-0.2, -0.15) is 5.10 Å². The van der Waals surface area contributed by atoms with Crippen LogP contribution in [0.4, 0.5) is 0 Å². The van der Waals surface area contributed by atoms with Gasteiger partial charge in [-0.05, 0) is 29.7 Å². The third-order valence-corrected chi connectivity index (χ3v) is 3.65. The SMILES string of the molecule is CC(C)c1cn(C)c2ccc(-c3ccn(C)n3)cc12. The number of rotatable bonds is 2. The zero-order chi connectivity index (χ0) is 13.6. The number of aromatic nitrogens is 3. The number of fused-ring (bicyclic) bond motifs is 1. The van der Waals surface area contributed by atoms with E-state index in [0.29, 0.717) is 5.92 Å². The van der Waals surface area contributed by atoms with Crippen LogP contribution in [0, 0.1) is 0 Å². The molecular weight excluding hydrogens is 234 g/mol. The monoisotopic (exact) mass is 253 g/mol. The second-order valence-corrected chi connectivity index (χ2v) is 5.46. The molecule has 0 amide bonds. The molecule has 0 N–H and O–H groups in total. The molecule has 3 nitrogen and oxygen atoms in total. The van der Waals surface area contributed by atoms with Gasteiger partial charge in [0.1, 0.15) is 0 Å². The minimum atomic E-state index is 0.530. The van der Waals surface area contributed by atoms with Crippen molar-refractivity contribution < 1.29 is 0 Å². The Labute approximate surface area is 113 Å². The first kappa shape index (κ1) is 12.0. The Kier molecular flexibility index (Phi) is 2.70. The lowest BCUT2D eigenvalue weighted by atomic mass is 10.0. The van der Waals surface area contributed by atoms with Gasteiger partial charge < -0.3 is 4.57 Å². The van der Waals surface area contributed by atoms with E-state index < -0.39 is 0 Å². The van der Waals surface area contributed by atoms with Crippen LogP contribution in [-0.4, -0.2) is 14.3 Å². The average Bonchev–Trinajstić information content (AvgIpc) is 2.94. The summed E-state index contributed by atoms with van der Waals surface area (Å²) < 4.78 is 4.04. The summed E-state index contributed by atoms with van der Waals surface area (Å²) in [6, 6.07) is 8.64. The molecule has 0 bridgehead atoms. The van der Waals surface area contributed by atoms with Gasteiger partial charge in [0.2, 0.25) is 0 Å². The lowest BCUT2D eigenvalue weighted by Gasteiger charge is -2.04. The second kappa shape index (κ2) is 4.26. The Balaban J connectivity index is 2.22. The van der Waals surface area contributed by atoms with E-state index in [4.69, 9.17) is 0 Å². The highest BCUT2D eigenvalue weighted by Gasteiger charge is 2.11. The Morgan fingerprint density at radius 3 is 2.53 bits per heavy atom. The van der Waals surface area contributed by atoms with Gasteiger partial charge in [0.25, 0.3) is 0 Å². The van der Waals surface area contributed by atoms with Crippen LogP contribution >= 0.6 is 0 Å². The fraction of sp³-hybridized carbons (Fsp3) is 0.312. The minimum absolute atomic E-state index is 0.530. The maximum atomic E-state index is 4.48. The fourth-order valence-corrected chi connectivity index (χ4v) is 2.61. The third-order valence-electron chi connectivity index (χ3n) is 3.65. The van der Waals surface area contributed by atoms with E-state index in [1.807, 2.05) is 17.9 Å². The molecule has 0 saturated carbocycles. The smallest absolute Gasteiger partial charge is 0.0923 e. The van der Waals surface area contributed by atoms with Gasteiger partial charge in [-0.3, -0.25) is 4.68 Å². The average molecular weight is 253 g/mol. The first-order valence-electron chi connectivity index (χ1n) is 6.65. The van der Waals surface area contributed by atoms with Gasteiger partial charge in [0.15, 0.2) is 0 Å². The Bertz CT molecular complexity index is 732. The first-order valence-corrected chi connectivity index (χ1v) is 6.65. The number of hydrogen-bond donors (Lipinski definition) is 0. The first-order chi connectivity index (χ1) is 9.06. The van der Waals surface area contributed by atoms with Gasteiger partial charge >= 0.3 is 0 Å². The van der Waals surface area contributed by atoms with Crippen molar-refractivity contribution in [2.24, 2.45) is 14.1 Å². The van der Waals surface area contributed by atoms with Crippen LogP contribution in [0.15, 0.2) is 36.7 Å². The summed E-state index contributed by atoms with van der Waals surface area (Å²) in [5.41, 5.74) is 4.89. The Morgan fingerprint density at radius 1 is 1.11 bits per heavy atom. The number of hydrogen-bond acceptors (Lipinski definition) is 1. The molecule has 98 valence electrons. The van der Waals surface area contributed by atoms with Gasteiger partial charge in [-0.1, -0.05) is 19.9 Å². The summed E-state index contributed by atoms with van der Waals surface area (Å²) in [4.78, 5) is 0. The number of nitrogens with zero attached hydrogens (tertiary/aromatic N) is 3. The molecule has 2 heterocycles. The quantitative estimate of drug-likeness (QED) is 0.682. The van der Waals surface area contributed by atoms with Crippen LogP contribution in [-0.2, 0) is 14.1 Å². The predicted molar refractivity (Wildman–Crippen MR) is 79.2 cm³/mol. The molecule has 0 unspecified atom stereocenters. The maximum absolute atomic E-state index is 4.48. The van der Waals surface area contributed by atoms with Gasteiger partial charge in [-0.25, -0.2) is 0 Å². The number of benzene rings is 1. The molecule has 2 aromatic heterocycles. The maximum Gasteiger partial charge on any atom is 0.0923 e. The minimum Gasteiger partial charge on any atom is -0.350 e. The van der Waals surface area contributed by atoms with E-state index in [1.165, 1.54) is 22.0 Å². The zero-order valence-electron chi connectivity index (χ0n) is 11.9. The zero-order valence-corrected chi connectivity index (χ0v) is 11.9. The number of aryl methyl sites for hydroxylation is 2. The molecule has 0 aliphatic heterocycles. The second-order valence-electron chi connectivity index (χ2n) is 5.46. The predicted octanol–water partition coefficient (Wildman–Crippen LogP) is 3.70. The van der Waals surface area contributed by atoms with E-state index in [0.717, 1.165) is 5.69 Å². The molecule has 19 heavy (non-hydrogen) atoms. The topological polar surface area (TPSA) is 22.8 Å². The van der Waals surface area contributed by atoms with Crippen molar-refractivity contribution in [3.8, 4) is 11.3 Å². The van der Waals surface area contributed by atoms with Crippen molar-refractivity contribution in [3.05, 3.63) is 42.2 Å². The molecule has 3 aromatic rings. The summed E-state index contributed by atoms with van der Waals surface area (Å²) in [5.74, 6) is 0.530. The van der Waals surface area contributed by atoms with Crippen molar-refractivity contribution in [3.63, 3.8) is 0 Å². The molecule has 0 radical (unpaired) electrons. The summed E-state index contributed by atoms with van der Waals surface area (Å²) in [7, 11) is 4.05. The molecule has 0 saturated heterocycles. The molecule has 0 spiro atoms. The van der Waals surface area contributed by atoms with Gasteiger partial charge in [-0.15, -0.1) is 0 Å². The van der Waals surface area contributed by atoms with E-state index in [9.17, 15) is 0 Å². The summed E-state index contributed by atoms with van der Waals surface area (Å²) in [6.07, 6.45) is 4.21. The highest BCUT2D eigenvalue weighted by Crippen LogP contribution is 2.30. The van der Waals surface area contributed by atoms with Crippen LogP contribution in [0.3, 0.4) is 0 Å². The highest BCUT2D eigenvalue weighted by molar-refractivity contribution is 5.88. The van der Waals surface area contributed by atoms with Crippen LogP contribution in [0.25, 0.3) is 22.2 Å². The molecule has 0 atom stereocenters. The Hall–Kier alpha value is -2.03. The van der Waals surface area contributed by atoms with Crippen molar-refractivity contribution in [1.29, 1.82) is 0 Å². The van der Waals surface area contributed by atoms with E-state index >= 15 is 0 Å². The standard InChI is InChI=1S/C16H19N3/c1-11(2)14-10-18(3)16-6-5-12(9-13(14)16)15-7-8-19(4)17-15/h5-11H,1-4H3. The highest BCUT2D eigenvalue weighted by atomic mass is 15.2. The van der Waals surface area contributed by atoms with Crippen LogP contribution in [0.1, 0.15) is 25.3 Å². The normalized spacial score (nSPS) is 11.6. The van der Waals surface area contributed by atoms with Gasteiger partial charge in [0.05, 0.1) is 5.69 Å². The van der Waals surface area contributed by atoms with Crippen LogP contribution in [0.5, 0.6) is 0 Å². The van der Waals surface area contributed by atoms with Crippen molar-refractivity contribution in [1.82, 2.24) is 14.3 Å². The van der Waals surface area contributed by atoms with E-state index in [1.54, 1.807) is 0 Å². The van der Waals surface area contributed by atoms with Crippen molar-refractivity contribution >= 4 is 10.9 Å². The van der Waals surface area contributed by atoms with E-state index in [-0.39, 0.29) is 0 Å². The lowest BCUT2D eigenvalue weighted by molar-refractivity contribution is 0.771. The molecule has 0 fully saturated rings. The van der Waals surface area contributed by atoms with E-state index in [2.05, 4.69) is 61.0 Å². The summed E-state index contributed by atoms with van der Waals surface area (Å²) in [6.45, 7) is 4.48. The summed E-state index contributed by atoms with van der Waals surface area (Å²) in [5, 5.41) is 5.81. The molecular formula is C16H19N3.